The van der Waals surface area contributed by atoms with Crippen molar-refractivity contribution in [2.24, 2.45) is 0 Å². The summed E-state index contributed by atoms with van der Waals surface area (Å²) >= 11 is 5.93. The lowest BCUT2D eigenvalue weighted by molar-refractivity contribution is 0.597. The number of anilines is 1. The Hall–Kier alpha value is -3.49. The molecule has 2 heterocycles. The van der Waals surface area contributed by atoms with Crippen molar-refractivity contribution in [3.63, 3.8) is 0 Å². The van der Waals surface area contributed by atoms with Crippen molar-refractivity contribution in [1.29, 1.82) is 0 Å². The summed E-state index contributed by atoms with van der Waals surface area (Å²) in [6.45, 7) is 0.200. The van der Waals surface area contributed by atoms with E-state index in [9.17, 15) is 12.8 Å². The number of nitrogen functional groups attached to an aromatic ring is 1. The summed E-state index contributed by atoms with van der Waals surface area (Å²) in [6.07, 6.45) is 0. The molecular weight excluding hydrogens is 451 g/mol. The van der Waals surface area contributed by atoms with Gasteiger partial charge < -0.3 is 10.3 Å². The third-order valence-corrected chi connectivity index (χ3v) is 7.28. The van der Waals surface area contributed by atoms with Crippen LogP contribution in [0.5, 0.6) is 0 Å². The number of para-hydroxylation sites is 2. The van der Waals surface area contributed by atoms with Crippen molar-refractivity contribution in [3.05, 3.63) is 89.2 Å². The monoisotopic (exact) mass is 466 g/mol. The smallest absolute Gasteiger partial charge is 0.212 e. The summed E-state index contributed by atoms with van der Waals surface area (Å²) in [5.74, 6) is -0.356. The number of hydrogen-bond acceptors (Lipinski definition) is 5. The van der Waals surface area contributed by atoms with Crippen LogP contribution in [0.4, 0.5) is 10.2 Å². The second-order valence-corrected chi connectivity index (χ2v) is 9.59. The maximum atomic E-state index is 13.6. The van der Waals surface area contributed by atoms with Gasteiger partial charge in [-0.15, -0.1) is 0 Å². The molecule has 0 radical (unpaired) electrons. The number of nitrogens with two attached hydrogens (primary N) is 1. The SMILES string of the molecule is Nc1c(S(=O)(=O)c2ccc(Cl)cc2)c2nc3ccccc3nc2n1Cc1ccc(F)cc1. The number of rotatable bonds is 4. The van der Waals surface area contributed by atoms with Gasteiger partial charge in [0.2, 0.25) is 9.84 Å². The van der Waals surface area contributed by atoms with Gasteiger partial charge in [0.15, 0.2) is 5.65 Å². The molecule has 6 nitrogen and oxygen atoms in total. The van der Waals surface area contributed by atoms with Crippen molar-refractivity contribution < 1.29 is 12.8 Å². The number of aromatic nitrogens is 3. The molecular formula is C23H16ClFN4O2S. The van der Waals surface area contributed by atoms with Crippen molar-refractivity contribution >= 4 is 49.5 Å². The van der Waals surface area contributed by atoms with E-state index in [-0.39, 0.29) is 33.5 Å². The van der Waals surface area contributed by atoms with Crippen molar-refractivity contribution in [2.75, 3.05) is 5.73 Å². The van der Waals surface area contributed by atoms with Gasteiger partial charge in [0.05, 0.1) is 22.5 Å². The first-order valence-corrected chi connectivity index (χ1v) is 11.5. The third kappa shape index (κ3) is 3.37. The number of fused-ring (bicyclic) bond motifs is 2. The van der Waals surface area contributed by atoms with Gasteiger partial charge >= 0.3 is 0 Å². The Morgan fingerprint density at radius 2 is 1.53 bits per heavy atom. The lowest BCUT2D eigenvalue weighted by Crippen LogP contribution is -2.09. The summed E-state index contributed by atoms with van der Waals surface area (Å²) in [5, 5.41) is 0.418. The van der Waals surface area contributed by atoms with Gasteiger partial charge in [-0.3, -0.25) is 0 Å². The first-order chi connectivity index (χ1) is 15.3. The van der Waals surface area contributed by atoms with E-state index in [2.05, 4.69) is 9.97 Å². The van der Waals surface area contributed by atoms with Gasteiger partial charge in [0, 0.05) is 5.02 Å². The van der Waals surface area contributed by atoms with E-state index in [1.165, 1.54) is 36.4 Å². The average Bonchev–Trinajstić information content (AvgIpc) is 3.05. The summed E-state index contributed by atoms with van der Waals surface area (Å²) in [4.78, 5) is 9.18. The number of nitrogens with zero attached hydrogens (tertiary/aromatic N) is 3. The number of sulfone groups is 1. The molecule has 5 rings (SSSR count). The maximum Gasteiger partial charge on any atom is 0.212 e. The number of halogens is 2. The molecule has 5 aromatic rings. The molecule has 0 saturated heterocycles. The number of benzene rings is 3. The average molecular weight is 467 g/mol. The van der Waals surface area contributed by atoms with E-state index < -0.39 is 9.84 Å². The van der Waals surface area contributed by atoms with Gasteiger partial charge in [0.1, 0.15) is 22.0 Å². The highest BCUT2D eigenvalue weighted by Gasteiger charge is 2.30. The zero-order chi connectivity index (χ0) is 22.5. The van der Waals surface area contributed by atoms with Gasteiger partial charge in [-0.2, -0.15) is 0 Å². The Morgan fingerprint density at radius 1 is 0.906 bits per heavy atom. The maximum absolute atomic E-state index is 13.6. The molecule has 9 heteroatoms. The summed E-state index contributed by atoms with van der Waals surface area (Å²) in [6, 6.07) is 18.9. The largest absolute Gasteiger partial charge is 0.384 e. The van der Waals surface area contributed by atoms with Crippen molar-refractivity contribution in [3.8, 4) is 0 Å². The highest BCUT2D eigenvalue weighted by Crippen LogP contribution is 2.36. The Bertz CT molecular complexity index is 1580. The standard InChI is InChI=1S/C23H16ClFN4O2S/c24-15-7-11-17(12-8-15)32(30,31)21-20-23(28-19-4-2-1-3-18(19)27-20)29(22(21)26)13-14-5-9-16(25)10-6-14/h1-12H,13,26H2. The first kappa shape index (κ1) is 20.4. The van der Waals surface area contributed by atoms with Gasteiger partial charge in [-0.05, 0) is 54.1 Å². The predicted octanol–water partition coefficient (Wildman–Crippen LogP) is 4.84. The zero-order valence-corrected chi connectivity index (χ0v) is 18.1. The summed E-state index contributed by atoms with van der Waals surface area (Å²) in [5.41, 5.74) is 8.81. The van der Waals surface area contributed by atoms with E-state index >= 15 is 0 Å². The first-order valence-electron chi connectivity index (χ1n) is 9.64. The lowest BCUT2D eigenvalue weighted by atomic mass is 10.2. The van der Waals surface area contributed by atoms with Crippen LogP contribution in [0.3, 0.4) is 0 Å². The fourth-order valence-corrected chi connectivity index (χ4v) is 5.25. The van der Waals surface area contributed by atoms with Crippen LogP contribution < -0.4 is 5.73 Å². The molecule has 0 aliphatic rings. The molecule has 32 heavy (non-hydrogen) atoms. The van der Waals surface area contributed by atoms with Crippen LogP contribution in [0.25, 0.3) is 22.2 Å². The molecule has 2 N–H and O–H groups in total. The van der Waals surface area contributed by atoms with Crippen molar-refractivity contribution in [2.45, 2.75) is 16.3 Å². The third-order valence-electron chi connectivity index (χ3n) is 5.19. The van der Waals surface area contributed by atoms with Crippen LogP contribution in [-0.2, 0) is 16.4 Å². The molecule has 0 fully saturated rings. The fraction of sp³-hybridized carbons (Fsp3) is 0.0435. The molecule has 0 aliphatic heterocycles. The van der Waals surface area contributed by atoms with Crippen LogP contribution in [0.15, 0.2) is 82.6 Å². The minimum atomic E-state index is -4.03. The zero-order valence-electron chi connectivity index (χ0n) is 16.5. The summed E-state index contributed by atoms with van der Waals surface area (Å²) in [7, 11) is -4.03. The quantitative estimate of drug-likeness (QED) is 0.409. The Morgan fingerprint density at radius 3 is 2.19 bits per heavy atom. The van der Waals surface area contributed by atoms with Crippen LogP contribution in [-0.4, -0.2) is 23.0 Å². The van der Waals surface area contributed by atoms with Crippen LogP contribution in [0.1, 0.15) is 5.56 Å². The molecule has 0 bridgehead atoms. The van der Waals surface area contributed by atoms with Crippen molar-refractivity contribution in [1.82, 2.24) is 14.5 Å². The Balaban J connectivity index is 1.80. The van der Waals surface area contributed by atoms with Gasteiger partial charge in [0.25, 0.3) is 0 Å². The molecule has 0 unspecified atom stereocenters. The Kier molecular flexibility index (Phi) is 4.83. The van der Waals surface area contributed by atoms with E-state index in [0.29, 0.717) is 21.7 Å². The fourth-order valence-electron chi connectivity index (χ4n) is 3.62. The van der Waals surface area contributed by atoms with Gasteiger partial charge in [-0.25, -0.2) is 22.8 Å². The van der Waals surface area contributed by atoms with E-state index in [4.69, 9.17) is 17.3 Å². The minimum absolute atomic E-state index is 0.00887. The van der Waals surface area contributed by atoms with Crippen LogP contribution in [0.2, 0.25) is 5.02 Å². The highest BCUT2D eigenvalue weighted by atomic mass is 35.5. The predicted molar refractivity (Wildman–Crippen MR) is 122 cm³/mol. The van der Waals surface area contributed by atoms with Gasteiger partial charge in [-0.1, -0.05) is 35.9 Å². The second kappa shape index (κ2) is 7.58. The molecule has 2 aromatic heterocycles. The molecule has 0 amide bonds. The minimum Gasteiger partial charge on any atom is -0.384 e. The molecule has 160 valence electrons. The topological polar surface area (TPSA) is 90.9 Å². The Labute approximate surface area is 188 Å². The van der Waals surface area contributed by atoms with E-state index in [0.717, 1.165) is 5.56 Å². The molecule has 0 aliphatic carbocycles. The summed E-state index contributed by atoms with van der Waals surface area (Å²) < 4.78 is 42.1. The van der Waals surface area contributed by atoms with Crippen LogP contribution in [0, 0.1) is 5.82 Å². The lowest BCUT2D eigenvalue weighted by Gasteiger charge is -2.09. The molecule has 3 aromatic carbocycles. The highest BCUT2D eigenvalue weighted by molar-refractivity contribution is 7.92. The second-order valence-electron chi connectivity index (χ2n) is 7.27. The van der Waals surface area contributed by atoms with E-state index in [1.54, 1.807) is 34.9 Å². The van der Waals surface area contributed by atoms with Crippen LogP contribution >= 0.6 is 11.6 Å². The molecule has 0 spiro atoms. The number of hydrogen-bond donors (Lipinski definition) is 1. The molecule has 0 saturated carbocycles. The van der Waals surface area contributed by atoms with E-state index in [1.807, 2.05) is 6.07 Å². The molecule has 0 atom stereocenters. The normalized spacial score (nSPS) is 11.9.